The predicted molar refractivity (Wildman–Crippen MR) is 97.8 cm³/mol. The summed E-state index contributed by atoms with van der Waals surface area (Å²) in [6.45, 7) is -0.00581. The number of fused-ring (bicyclic) bond motifs is 1. The van der Waals surface area contributed by atoms with Crippen molar-refractivity contribution in [2.45, 2.75) is 6.54 Å². The molecule has 2 aromatic heterocycles. The molecule has 0 unspecified atom stereocenters. The van der Waals surface area contributed by atoms with Crippen LogP contribution in [0.15, 0.2) is 42.7 Å². The smallest absolute Gasteiger partial charge is 0.274 e. The molecule has 130 valence electrons. The molecular weight excluding hydrogens is 354 g/mol. The van der Waals surface area contributed by atoms with E-state index in [1.807, 2.05) is 0 Å². The van der Waals surface area contributed by atoms with Crippen LogP contribution in [0.3, 0.4) is 0 Å². The number of amides is 1. The topological polar surface area (TPSA) is 95.3 Å². The van der Waals surface area contributed by atoms with Crippen LogP contribution in [0.4, 0.5) is 0 Å². The number of benzene rings is 1. The molecular formula is C19H14ClN3O3. The van der Waals surface area contributed by atoms with Gasteiger partial charge in [-0.25, -0.2) is 4.98 Å². The normalized spacial score (nSPS) is 10.2. The molecule has 0 spiro atoms. The summed E-state index contributed by atoms with van der Waals surface area (Å²) in [6, 6.07) is 8.65. The summed E-state index contributed by atoms with van der Waals surface area (Å²) in [5.41, 5.74) is 1.72. The minimum atomic E-state index is -0.508. The van der Waals surface area contributed by atoms with Gasteiger partial charge >= 0.3 is 0 Å². The fourth-order valence-electron chi connectivity index (χ4n) is 2.33. The SMILES string of the molecule is O=C(NCc1ccc(Cl)cc1)c1ncc2ncc(C#CCO)cc2c1O. The van der Waals surface area contributed by atoms with E-state index in [9.17, 15) is 9.90 Å². The van der Waals surface area contributed by atoms with Gasteiger partial charge in [-0.05, 0) is 23.8 Å². The van der Waals surface area contributed by atoms with Crippen molar-refractivity contribution < 1.29 is 15.0 Å². The first-order chi connectivity index (χ1) is 12.6. The van der Waals surface area contributed by atoms with Crippen molar-refractivity contribution in [2.24, 2.45) is 0 Å². The molecule has 0 bridgehead atoms. The zero-order chi connectivity index (χ0) is 18.5. The highest BCUT2D eigenvalue weighted by molar-refractivity contribution is 6.30. The van der Waals surface area contributed by atoms with E-state index >= 15 is 0 Å². The maximum absolute atomic E-state index is 12.4. The van der Waals surface area contributed by atoms with Crippen molar-refractivity contribution in [1.82, 2.24) is 15.3 Å². The summed E-state index contributed by atoms with van der Waals surface area (Å²) in [6.07, 6.45) is 2.92. The largest absolute Gasteiger partial charge is 0.505 e. The van der Waals surface area contributed by atoms with Gasteiger partial charge in [0, 0.05) is 28.7 Å². The second kappa shape index (κ2) is 7.83. The van der Waals surface area contributed by atoms with E-state index in [4.69, 9.17) is 16.7 Å². The molecule has 0 radical (unpaired) electrons. The highest BCUT2D eigenvalue weighted by Crippen LogP contribution is 2.26. The summed E-state index contributed by atoms with van der Waals surface area (Å²) < 4.78 is 0. The van der Waals surface area contributed by atoms with E-state index in [0.717, 1.165) is 5.56 Å². The molecule has 0 saturated heterocycles. The van der Waals surface area contributed by atoms with Gasteiger partial charge in [0.05, 0.1) is 11.7 Å². The summed E-state index contributed by atoms with van der Waals surface area (Å²) >= 11 is 5.83. The maximum atomic E-state index is 12.4. The van der Waals surface area contributed by atoms with E-state index in [0.29, 0.717) is 21.5 Å². The van der Waals surface area contributed by atoms with Crippen LogP contribution in [-0.2, 0) is 6.54 Å². The molecule has 1 amide bonds. The fourth-order valence-corrected chi connectivity index (χ4v) is 2.45. The Morgan fingerprint density at radius 3 is 2.69 bits per heavy atom. The molecule has 3 aromatic rings. The zero-order valence-electron chi connectivity index (χ0n) is 13.5. The lowest BCUT2D eigenvalue weighted by atomic mass is 10.1. The molecule has 0 fully saturated rings. The van der Waals surface area contributed by atoms with Crippen molar-refractivity contribution in [3.8, 4) is 17.6 Å². The first-order valence-corrected chi connectivity index (χ1v) is 8.06. The van der Waals surface area contributed by atoms with Crippen LogP contribution in [0.5, 0.6) is 5.75 Å². The van der Waals surface area contributed by atoms with E-state index < -0.39 is 5.91 Å². The van der Waals surface area contributed by atoms with Crippen molar-refractivity contribution in [1.29, 1.82) is 0 Å². The second-order valence-corrected chi connectivity index (χ2v) is 5.82. The van der Waals surface area contributed by atoms with Gasteiger partial charge < -0.3 is 15.5 Å². The van der Waals surface area contributed by atoms with E-state index in [-0.39, 0.29) is 24.6 Å². The van der Waals surface area contributed by atoms with E-state index in [1.165, 1.54) is 12.4 Å². The lowest BCUT2D eigenvalue weighted by Gasteiger charge is -2.08. The van der Waals surface area contributed by atoms with Gasteiger partial charge in [-0.2, -0.15) is 0 Å². The summed E-state index contributed by atoms with van der Waals surface area (Å²) in [4.78, 5) is 20.5. The Morgan fingerprint density at radius 2 is 1.96 bits per heavy atom. The van der Waals surface area contributed by atoms with Crippen LogP contribution in [-0.4, -0.2) is 32.7 Å². The van der Waals surface area contributed by atoms with E-state index in [1.54, 1.807) is 30.3 Å². The molecule has 0 aliphatic rings. The predicted octanol–water partition coefficient (Wildman–Crippen LogP) is 2.26. The van der Waals surface area contributed by atoms with Gasteiger partial charge in [-0.1, -0.05) is 35.6 Å². The van der Waals surface area contributed by atoms with Crippen LogP contribution < -0.4 is 5.32 Å². The number of aliphatic hydroxyl groups excluding tert-OH is 1. The molecule has 7 heteroatoms. The van der Waals surface area contributed by atoms with Crippen LogP contribution in [0.1, 0.15) is 21.6 Å². The Labute approximate surface area is 154 Å². The van der Waals surface area contributed by atoms with Gasteiger partial charge in [-0.15, -0.1) is 0 Å². The van der Waals surface area contributed by atoms with Gasteiger partial charge in [0.2, 0.25) is 0 Å². The highest BCUT2D eigenvalue weighted by atomic mass is 35.5. The molecule has 1 aromatic carbocycles. The second-order valence-electron chi connectivity index (χ2n) is 5.38. The molecule has 0 atom stereocenters. The van der Waals surface area contributed by atoms with E-state index in [2.05, 4.69) is 27.1 Å². The minimum Gasteiger partial charge on any atom is -0.505 e. The third-order valence-corrected chi connectivity index (χ3v) is 3.86. The van der Waals surface area contributed by atoms with Gasteiger partial charge in [0.15, 0.2) is 11.4 Å². The third-order valence-electron chi connectivity index (χ3n) is 3.61. The number of aliphatic hydroxyl groups is 1. The number of carbonyl (C=O) groups excluding carboxylic acids is 1. The van der Waals surface area contributed by atoms with Crippen LogP contribution in [0, 0.1) is 11.8 Å². The lowest BCUT2D eigenvalue weighted by molar-refractivity contribution is 0.0943. The van der Waals surface area contributed by atoms with Crippen molar-refractivity contribution in [2.75, 3.05) is 6.61 Å². The highest BCUT2D eigenvalue weighted by Gasteiger charge is 2.16. The maximum Gasteiger partial charge on any atom is 0.274 e. The van der Waals surface area contributed by atoms with Crippen LogP contribution >= 0.6 is 11.6 Å². The molecule has 0 saturated carbocycles. The minimum absolute atomic E-state index is 0.0967. The number of halogens is 1. The molecule has 0 aliphatic carbocycles. The third kappa shape index (κ3) is 3.91. The Hall–Kier alpha value is -3.14. The van der Waals surface area contributed by atoms with Crippen LogP contribution in [0.25, 0.3) is 10.9 Å². The first kappa shape index (κ1) is 17.7. The van der Waals surface area contributed by atoms with Gasteiger partial charge in [-0.3, -0.25) is 9.78 Å². The Balaban J connectivity index is 1.85. The van der Waals surface area contributed by atoms with Crippen molar-refractivity contribution in [3.63, 3.8) is 0 Å². The van der Waals surface area contributed by atoms with Gasteiger partial charge in [0.1, 0.15) is 6.61 Å². The average Bonchev–Trinajstić information content (AvgIpc) is 2.66. The molecule has 2 heterocycles. The molecule has 3 N–H and O–H groups in total. The zero-order valence-corrected chi connectivity index (χ0v) is 14.3. The number of nitrogens with zero attached hydrogens (tertiary/aromatic N) is 2. The molecule has 0 aliphatic heterocycles. The van der Waals surface area contributed by atoms with Crippen LogP contribution in [0.2, 0.25) is 5.02 Å². The quantitative estimate of drug-likeness (QED) is 0.617. The Morgan fingerprint density at radius 1 is 1.19 bits per heavy atom. The number of aromatic nitrogens is 2. The standard InChI is InChI=1S/C19H14ClN3O3/c20-14-5-3-12(4-6-14)9-23-19(26)17-18(25)15-8-13(2-1-7-24)10-21-16(15)11-22-17/h3-6,8,10-11,24-25H,7,9H2,(H,23,26). The fraction of sp³-hybridized carbons (Fsp3) is 0.105. The number of pyridine rings is 2. The van der Waals surface area contributed by atoms with Gasteiger partial charge in [0.25, 0.3) is 5.91 Å². The number of nitrogens with one attached hydrogen (secondary N) is 1. The van der Waals surface area contributed by atoms with Crippen molar-refractivity contribution >= 4 is 28.4 Å². The number of hydrogen-bond donors (Lipinski definition) is 3. The Bertz CT molecular complexity index is 1020. The summed E-state index contributed by atoms with van der Waals surface area (Å²) in [7, 11) is 0. The number of carbonyl (C=O) groups is 1. The first-order valence-electron chi connectivity index (χ1n) is 7.68. The number of rotatable bonds is 3. The Kier molecular flexibility index (Phi) is 5.32. The monoisotopic (exact) mass is 367 g/mol. The average molecular weight is 368 g/mol. The lowest BCUT2D eigenvalue weighted by Crippen LogP contribution is -2.24. The number of hydrogen-bond acceptors (Lipinski definition) is 5. The summed E-state index contributed by atoms with van der Waals surface area (Å²) in [5, 5.41) is 22.9. The van der Waals surface area contributed by atoms with Crippen molar-refractivity contribution in [3.05, 3.63) is 64.6 Å². The molecule has 26 heavy (non-hydrogen) atoms. The number of aromatic hydroxyl groups is 1. The molecule has 3 rings (SSSR count). The molecule has 6 nitrogen and oxygen atoms in total. The summed E-state index contributed by atoms with van der Waals surface area (Å²) in [5.74, 6) is 4.44.